The molecule has 1 aromatic rings. The number of carbonyl (C=O) groups is 1. The van der Waals surface area contributed by atoms with Crippen LogP contribution in [-0.2, 0) is 22.4 Å². The van der Waals surface area contributed by atoms with Crippen molar-refractivity contribution in [1.29, 1.82) is 0 Å². The lowest BCUT2D eigenvalue weighted by Gasteiger charge is -2.15. The minimum absolute atomic E-state index is 0.0644. The van der Waals surface area contributed by atoms with Crippen LogP contribution in [0.2, 0.25) is 0 Å². The molecule has 2 nitrogen and oxygen atoms in total. The van der Waals surface area contributed by atoms with Gasteiger partial charge in [0.15, 0.2) is 0 Å². The molecule has 0 aliphatic rings. The molecule has 0 amide bonds. The van der Waals surface area contributed by atoms with Gasteiger partial charge in [-0.2, -0.15) is 0 Å². The Labute approximate surface area is 142 Å². The summed E-state index contributed by atoms with van der Waals surface area (Å²) in [5.41, 5.74) is 2.77. The molecular formula is C21H34O2. The molecule has 0 saturated heterocycles. The molecule has 0 aromatic heterocycles. The Balaban J connectivity index is 2.36. The topological polar surface area (TPSA) is 26.3 Å². The lowest BCUT2D eigenvalue weighted by molar-refractivity contribution is -0.143. The van der Waals surface area contributed by atoms with Crippen LogP contribution in [0.3, 0.4) is 0 Å². The van der Waals surface area contributed by atoms with Crippen molar-refractivity contribution in [2.24, 2.45) is 5.92 Å². The van der Waals surface area contributed by atoms with Gasteiger partial charge >= 0.3 is 5.97 Å². The lowest BCUT2D eigenvalue weighted by atomic mass is 9.90. The van der Waals surface area contributed by atoms with Crippen molar-refractivity contribution in [3.63, 3.8) is 0 Å². The van der Waals surface area contributed by atoms with E-state index in [9.17, 15) is 4.79 Å². The van der Waals surface area contributed by atoms with Gasteiger partial charge in [0.1, 0.15) is 0 Å². The molecule has 0 radical (unpaired) electrons. The number of carbonyl (C=O) groups excluding carboxylic acids is 1. The Morgan fingerprint density at radius 3 is 2.13 bits per heavy atom. The van der Waals surface area contributed by atoms with Crippen molar-refractivity contribution in [3.8, 4) is 0 Å². The van der Waals surface area contributed by atoms with E-state index in [1.807, 2.05) is 6.92 Å². The molecule has 0 N–H and O–H groups in total. The van der Waals surface area contributed by atoms with Crippen molar-refractivity contribution in [2.45, 2.75) is 78.6 Å². The largest absolute Gasteiger partial charge is 0.466 e. The minimum Gasteiger partial charge on any atom is -0.466 e. The first-order valence-electron chi connectivity index (χ1n) is 9.43. The highest BCUT2D eigenvalue weighted by atomic mass is 16.5. The van der Waals surface area contributed by atoms with Crippen LogP contribution < -0.4 is 0 Å². The van der Waals surface area contributed by atoms with Crippen LogP contribution in [0, 0.1) is 5.92 Å². The van der Waals surface area contributed by atoms with Crippen LogP contribution in [0.15, 0.2) is 24.3 Å². The fourth-order valence-corrected chi connectivity index (χ4v) is 3.07. The third-order valence-corrected chi connectivity index (χ3v) is 4.25. The van der Waals surface area contributed by atoms with Gasteiger partial charge in [0, 0.05) is 6.42 Å². The van der Waals surface area contributed by atoms with Crippen molar-refractivity contribution in [3.05, 3.63) is 35.4 Å². The number of esters is 1. The molecule has 0 aliphatic heterocycles. The Bertz CT molecular complexity index is 416. The number of rotatable bonds is 12. The van der Waals surface area contributed by atoms with Gasteiger partial charge in [0.2, 0.25) is 0 Å². The second-order valence-electron chi connectivity index (χ2n) is 6.54. The number of hydrogen-bond donors (Lipinski definition) is 0. The maximum Gasteiger partial charge on any atom is 0.305 e. The highest BCUT2D eigenvalue weighted by Crippen LogP contribution is 2.20. The van der Waals surface area contributed by atoms with Crippen LogP contribution in [0.5, 0.6) is 0 Å². The first-order valence-corrected chi connectivity index (χ1v) is 9.43. The summed E-state index contributed by atoms with van der Waals surface area (Å²) in [4.78, 5) is 11.5. The van der Waals surface area contributed by atoms with Crippen LogP contribution in [0.1, 0.15) is 76.8 Å². The first kappa shape index (κ1) is 19.7. The molecule has 23 heavy (non-hydrogen) atoms. The van der Waals surface area contributed by atoms with Crippen LogP contribution >= 0.6 is 0 Å². The van der Waals surface area contributed by atoms with E-state index in [0.717, 1.165) is 25.2 Å². The molecular weight excluding hydrogens is 284 g/mol. The van der Waals surface area contributed by atoms with E-state index in [1.165, 1.54) is 43.2 Å². The fourth-order valence-electron chi connectivity index (χ4n) is 3.07. The third-order valence-electron chi connectivity index (χ3n) is 4.25. The Morgan fingerprint density at radius 2 is 1.57 bits per heavy atom. The summed E-state index contributed by atoms with van der Waals surface area (Å²) < 4.78 is 5.10. The summed E-state index contributed by atoms with van der Waals surface area (Å²) in [6.07, 6.45) is 9.65. The van der Waals surface area contributed by atoms with E-state index < -0.39 is 0 Å². The van der Waals surface area contributed by atoms with E-state index in [-0.39, 0.29) is 5.97 Å². The first-order chi connectivity index (χ1) is 11.2. The third kappa shape index (κ3) is 8.78. The van der Waals surface area contributed by atoms with Crippen LogP contribution in [0.4, 0.5) is 0 Å². The number of benzene rings is 1. The van der Waals surface area contributed by atoms with E-state index in [1.54, 1.807) is 0 Å². The zero-order valence-electron chi connectivity index (χ0n) is 15.3. The predicted molar refractivity (Wildman–Crippen MR) is 97.6 cm³/mol. The Kier molecular flexibility index (Phi) is 10.4. The van der Waals surface area contributed by atoms with Crippen LogP contribution in [-0.4, -0.2) is 12.6 Å². The Morgan fingerprint density at radius 1 is 0.957 bits per heavy atom. The molecule has 130 valence electrons. The van der Waals surface area contributed by atoms with Gasteiger partial charge in [-0.15, -0.1) is 0 Å². The van der Waals surface area contributed by atoms with E-state index in [2.05, 4.69) is 38.1 Å². The summed E-state index contributed by atoms with van der Waals surface area (Å²) in [5.74, 6) is 0.759. The summed E-state index contributed by atoms with van der Waals surface area (Å²) in [6, 6.07) is 8.98. The quantitative estimate of drug-likeness (QED) is 0.461. The molecule has 0 aliphatic carbocycles. The SMILES string of the molecule is CCCOC(=O)CCCc1ccc(CC(CCC)CCC)cc1. The van der Waals surface area contributed by atoms with E-state index in [4.69, 9.17) is 4.74 Å². The van der Waals surface area contributed by atoms with Crippen molar-refractivity contribution in [2.75, 3.05) is 6.61 Å². The standard InChI is InChI=1S/C21H34O2/c1-4-8-19(9-5-2)17-20-14-12-18(13-15-20)10-7-11-21(22)23-16-6-3/h12-15,19H,4-11,16-17H2,1-3H3. The fraction of sp³-hybridized carbons (Fsp3) is 0.667. The zero-order chi connectivity index (χ0) is 16.9. The van der Waals surface area contributed by atoms with Gasteiger partial charge in [0.25, 0.3) is 0 Å². The van der Waals surface area contributed by atoms with E-state index >= 15 is 0 Å². The van der Waals surface area contributed by atoms with Crippen LogP contribution in [0.25, 0.3) is 0 Å². The van der Waals surface area contributed by atoms with Crippen molar-refractivity contribution in [1.82, 2.24) is 0 Å². The molecule has 0 spiro atoms. The highest BCUT2D eigenvalue weighted by Gasteiger charge is 2.08. The smallest absolute Gasteiger partial charge is 0.305 e. The predicted octanol–water partition coefficient (Wildman–Crippen LogP) is 5.72. The van der Waals surface area contributed by atoms with Crippen molar-refractivity contribution >= 4 is 5.97 Å². The molecule has 1 rings (SSSR count). The monoisotopic (exact) mass is 318 g/mol. The Hall–Kier alpha value is -1.31. The van der Waals surface area contributed by atoms with Gasteiger partial charge in [0.05, 0.1) is 6.61 Å². The number of ether oxygens (including phenoxy) is 1. The summed E-state index contributed by atoms with van der Waals surface area (Å²) in [6.45, 7) is 7.11. The van der Waals surface area contributed by atoms with Gasteiger partial charge < -0.3 is 4.74 Å². The van der Waals surface area contributed by atoms with E-state index in [0.29, 0.717) is 13.0 Å². The molecule has 0 unspecified atom stereocenters. The van der Waals surface area contributed by atoms with Gasteiger partial charge in [-0.1, -0.05) is 70.7 Å². The normalized spacial score (nSPS) is 11.0. The number of aryl methyl sites for hydroxylation is 1. The average Bonchev–Trinajstić information content (AvgIpc) is 2.55. The second-order valence-corrected chi connectivity index (χ2v) is 6.54. The van der Waals surface area contributed by atoms with Gasteiger partial charge in [-0.05, 0) is 42.7 Å². The highest BCUT2D eigenvalue weighted by molar-refractivity contribution is 5.69. The zero-order valence-corrected chi connectivity index (χ0v) is 15.3. The maximum absolute atomic E-state index is 11.5. The van der Waals surface area contributed by atoms with Gasteiger partial charge in [-0.25, -0.2) is 0 Å². The second kappa shape index (κ2) is 12.2. The molecule has 1 aromatic carbocycles. The molecule has 0 fully saturated rings. The average molecular weight is 319 g/mol. The molecule has 0 heterocycles. The van der Waals surface area contributed by atoms with Crippen molar-refractivity contribution < 1.29 is 9.53 Å². The minimum atomic E-state index is -0.0644. The summed E-state index contributed by atoms with van der Waals surface area (Å²) >= 11 is 0. The molecule has 0 bridgehead atoms. The molecule has 2 heteroatoms. The summed E-state index contributed by atoms with van der Waals surface area (Å²) in [7, 11) is 0. The lowest BCUT2D eigenvalue weighted by Crippen LogP contribution is -2.05. The number of hydrogen-bond acceptors (Lipinski definition) is 2. The molecule has 0 saturated carbocycles. The molecule has 0 atom stereocenters. The van der Waals surface area contributed by atoms with Gasteiger partial charge in [-0.3, -0.25) is 4.79 Å². The summed E-state index contributed by atoms with van der Waals surface area (Å²) in [5, 5.41) is 0. The maximum atomic E-state index is 11.5.